The Morgan fingerprint density at radius 2 is 1.76 bits per heavy atom. The van der Waals surface area contributed by atoms with Gasteiger partial charge >= 0.3 is 0 Å². The van der Waals surface area contributed by atoms with Gasteiger partial charge in [-0.25, -0.2) is 0 Å². The Bertz CT molecular complexity index is 996. The van der Waals surface area contributed by atoms with Gasteiger partial charge in [0.25, 0.3) is 0 Å². The second-order valence-corrected chi connectivity index (χ2v) is 9.55. The van der Waals surface area contributed by atoms with Crippen LogP contribution in [0.1, 0.15) is 83.2 Å². The Hall–Kier alpha value is -2.39. The second kappa shape index (κ2) is 11.2. The molecule has 0 spiro atoms. The van der Waals surface area contributed by atoms with Crippen molar-refractivity contribution in [3.05, 3.63) is 70.5 Å². The number of nitrogens with zero attached hydrogens (tertiary/aromatic N) is 1. The molecule has 0 aliphatic heterocycles. The number of ether oxygens (including phenoxy) is 2. The van der Waals surface area contributed by atoms with Crippen LogP contribution < -0.4 is 4.74 Å². The first-order chi connectivity index (χ1) is 15.8. The van der Waals surface area contributed by atoms with E-state index in [-0.39, 0.29) is 11.7 Å². The number of pyridine rings is 1. The van der Waals surface area contributed by atoms with Crippen LogP contribution in [0.25, 0.3) is 11.3 Å². The van der Waals surface area contributed by atoms with Crippen molar-refractivity contribution < 1.29 is 9.47 Å². The topological polar surface area (TPSA) is 31.4 Å². The smallest absolute Gasteiger partial charge is 0.129 e. The molecular weight excluding hydrogens is 406 g/mol. The Labute approximate surface area is 200 Å². The van der Waals surface area contributed by atoms with Gasteiger partial charge in [0.05, 0.1) is 24.0 Å². The summed E-state index contributed by atoms with van der Waals surface area (Å²) in [7, 11) is 0. The predicted molar refractivity (Wildman–Crippen MR) is 139 cm³/mol. The molecule has 3 nitrogen and oxygen atoms in total. The van der Waals surface area contributed by atoms with Crippen LogP contribution >= 0.6 is 0 Å². The first-order valence-corrected chi connectivity index (χ1v) is 12.6. The van der Waals surface area contributed by atoms with E-state index >= 15 is 0 Å². The van der Waals surface area contributed by atoms with Gasteiger partial charge in [-0.05, 0) is 58.1 Å². The lowest BCUT2D eigenvalue weighted by Crippen LogP contribution is -2.32. The van der Waals surface area contributed by atoms with Crippen molar-refractivity contribution in [1.29, 1.82) is 0 Å². The number of aromatic nitrogens is 1. The zero-order valence-electron chi connectivity index (χ0n) is 21.6. The summed E-state index contributed by atoms with van der Waals surface area (Å²) < 4.78 is 13.0. The molecule has 0 amide bonds. The van der Waals surface area contributed by atoms with E-state index in [0.717, 1.165) is 54.8 Å². The number of benzene rings is 1. The van der Waals surface area contributed by atoms with Crippen molar-refractivity contribution >= 4 is 0 Å². The van der Waals surface area contributed by atoms with Crippen LogP contribution in [0.4, 0.5) is 0 Å². The molecule has 1 heterocycles. The van der Waals surface area contributed by atoms with Crippen molar-refractivity contribution in [2.24, 2.45) is 0 Å². The van der Waals surface area contributed by atoms with Crippen LogP contribution in [-0.2, 0) is 24.2 Å². The summed E-state index contributed by atoms with van der Waals surface area (Å²) in [6.45, 7) is 15.6. The average molecular weight is 448 g/mol. The molecule has 3 rings (SSSR count). The van der Waals surface area contributed by atoms with Gasteiger partial charge in [-0.15, -0.1) is 0 Å². The summed E-state index contributed by atoms with van der Waals surface area (Å²) in [6.07, 6.45) is 11.6. The third-order valence-electron chi connectivity index (χ3n) is 6.44. The van der Waals surface area contributed by atoms with Crippen molar-refractivity contribution in [2.45, 2.75) is 98.9 Å². The highest BCUT2D eigenvalue weighted by Gasteiger charge is 2.30. The largest absolute Gasteiger partial charge is 0.490 e. The number of aryl methyl sites for hydroxylation is 3. The minimum atomic E-state index is -0.252. The molecule has 33 heavy (non-hydrogen) atoms. The molecule has 0 saturated heterocycles. The maximum absolute atomic E-state index is 6.66. The molecule has 1 atom stereocenters. The molecule has 1 unspecified atom stereocenters. The second-order valence-electron chi connectivity index (χ2n) is 9.55. The van der Waals surface area contributed by atoms with E-state index in [1.807, 2.05) is 0 Å². The lowest BCUT2D eigenvalue weighted by atomic mass is 9.86. The molecule has 0 N–H and O–H groups in total. The average Bonchev–Trinajstić information content (AvgIpc) is 2.77. The first-order valence-electron chi connectivity index (χ1n) is 12.6. The van der Waals surface area contributed by atoms with Gasteiger partial charge in [-0.3, -0.25) is 4.98 Å². The van der Waals surface area contributed by atoms with Crippen LogP contribution in [0.2, 0.25) is 0 Å². The van der Waals surface area contributed by atoms with Crippen LogP contribution in [0.15, 0.2) is 48.1 Å². The summed E-state index contributed by atoms with van der Waals surface area (Å²) in [5, 5.41) is 0. The van der Waals surface area contributed by atoms with Gasteiger partial charge in [-0.2, -0.15) is 0 Å². The van der Waals surface area contributed by atoms with Crippen molar-refractivity contribution in [3.63, 3.8) is 0 Å². The van der Waals surface area contributed by atoms with E-state index in [2.05, 4.69) is 91.0 Å². The molecule has 3 heteroatoms. The molecule has 1 aromatic carbocycles. The summed E-state index contributed by atoms with van der Waals surface area (Å²) >= 11 is 0. The summed E-state index contributed by atoms with van der Waals surface area (Å²) in [4.78, 5) is 5.09. The number of hydrogen-bond acceptors (Lipinski definition) is 3. The molecule has 1 aromatic heterocycles. The van der Waals surface area contributed by atoms with Gasteiger partial charge in [0.15, 0.2) is 0 Å². The highest BCUT2D eigenvalue weighted by molar-refractivity contribution is 5.70. The van der Waals surface area contributed by atoms with E-state index in [1.54, 1.807) is 0 Å². The van der Waals surface area contributed by atoms with Crippen molar-refractivity contribution in [3.8, 4) is 17.0 Å². The molecule has 178 valence electrons. The summed E-state index contributed by atoms with van der Waals surface area (Å²) in [6, 6.07) is 8.72. The molecule has 1 aliphatic carbocycles. The summed E-state index contributed by atoms with van der Waals surface area (Å²) in [5.41, 5.74) is 8.06. The maximum Gasteiger partial charge on any atom is 0.129 e. The lowest BCUT2D eigenvalue weighted by molar-refractivity contribution is -0.0285. The van der Waals surface area contributed by atoms with E-state index in [0.29, 0.717) is 6.61 Å². The Kier molecular flexibility index (Phi) is 8.53. The van der Waals surface area contributed by atoms with E-state index < -0.39 is 0 Å². The van der Waals surface area contributed by atoms with Crippen LogP contribution in [0.3, 0.4) is 0 Å². The molecule has 0 radical (unpaired) electrons. The highest BCUT2D eigenvalue weighted by Crippen LogP contribution is 2.36. The monoisotopic (exact) mass is 447 g/mol. The van der Waals surface area contributed by atoms with Gasteiger partial charge in [0.2, 0.25) is 0 Å². The molecule has 0 saturated carbocycles. The van der Waals surface area contributed by atoms with Crippen LogP contribution in [-0.4, -0.2) is 16.7 Å². The SMILES string of the molecule is CCCC1(OCc2c(OC(C)C)cc(-c3c(CC)cccc3CC)nc2C)C=CC=C(C)C1. The third-order valence-corrected chi connectivity index (χ3v) is 6.44. The quantitative estimate of drug-likeness (QED) is 0.370. The Balaban J connectivity index is 2.02. The summed E-state index contributed by atoms with van der Waals surface area (Å²) in [5.74, 6) is 0.888. The highest BCUT2D eigenvalue weighted by atomic mass is 16.5. The zero-order chi connectivity index (χ0) is 24.0. The normalized spacial score (nSPS) is 18.0. The van der Waals surface area contributed by atoms with Gasteiger partial charge < -0.3 is 9.47 Å². The Morgan fingerprint density at radius 1 is 1.06 bits per heavy atom. The fraction of sp³-hybridized carbons (Fsp3) is 0.500. The molecule has 2 aromatic rings. The first kappa shape index (κ1) is 25.2. The minimum absolute atomic E-state index is 0.0785. The van der Waals surface area contributed by atoms with Gasteiger partial charge in [0, 0.05) is 29.3 Å². The predicted octanol–water partition coefficient (Wildman–Crippen LogP) is 7.93. The van der Waals surface area contributed by atoms with Crippen LogP contribution in [0, 0.1) is 6.92 Å². The molecule has 1 aliphatic rings. The lowest BCUT2D eigenvalue weighted by Gasteiger charge is -2.34. The molecular formula is C30H41NO2. The standard InChI is InChI=1S/C30H41NO2/c1-8-16-30(17-12-13-22(6)19-30)32-20-26-23(7)31-27(18-28(26)33-21(4)5)29-24(9-2)14-11-15-25(29)10-3/h11-15,17-18,21H,8-10,16,19-20H2,1-7H3. The minimum Gasteiger partial charge on any atom is -0.490 e. The zero-order valence-corrected chi connectivity index (χ0v) is 21.6. The number of hydrogen-bond donors (Lipinski definition) is 0. The van der Waals surface area contributed by atoms with Crippen molar-refractivity contribution in [2.75, 3.05) is 0 Å². The van der Waals surface area contributed by atoms with E-state index in [4.69, 9.17) is 14.5 Å². The van der Waals surface area contributed by atoms with Crippen molar-refractivity contribution in [1.82, 2.24) is 4.98 Å². The fourth-order valence-corrected chi connectivity index (χ4v) is 4.86. The maximum atomic E-state index is 6.66. The van der Waals surface area contributed by atoms with Gasteiger partial charge in [-0.1, -0.05) is 69.2 Å². The van der Waals surface area contributed by atoms with E-state index in [9.17, 15) is 0 Å². The third kappa shape index (κ3) is 5.95. The fourth-order valence-electron chi connectivity index (χ4n) is 4.86. The van der Waals surface area contributed by atoms with Crippen LogP contribution in [0.5, 0.6) is 5.75 Å². The number of allylic oxidation sites excluding steroid dienone is 2. The Morgan fingerprint density at radius 3 is 2.33 bits per heavy atom. The van der Waals surface area contributed by atoms with E-state index in [1.165, 1.54) is 22.3 Å². The molecule has 0 fully saturated rings. The van der Waals surface area contributed by atoms with Gasteiger partial charge in [0.1, 0.15) is 5.75 Å². The number of rotatable bonds is 10. The molecule has 0 bridgehead atoms.